The molecule has 0 fully saturated rings. The Bertz CT molecular complexity index is 716. The van der Waals surface area contributed by atoms with E-state index >= 15 is 0 Å². The van der Waals surface area contributed by atoms with Gasteiger partial charge in [0.1, 0.15) is 17.3 Å². The number of hydrogen-bond donors (Lipinski definition) is 5. The number of phenolic OH excluding ortho intramolecular Hbond substituents is 1. The number of aromatic hydroxyl groups is 1. The minimum absolute atomic E-state index is 0.0681. The number of allylic oxidation sites excluding steroid dienone is 3. The molecule has 0 saturated heterocycles. The first kappa shape index (κ1) is 17.3. The third kappa shape index (κ3) is 4.69. The van der Waals surface area contributed by atoms with Gasteiger partial charge in [-0.3, -0.25) is 0 Å². The summed E-state index contributed by atoms with van der Waals surface area (Å²) in [5.41, 5.74) is 0.825. The van der Waals surface area contributed by atoms with E-state index in [9.17, 15) is 19.9 Å². The van der Waals surface area contributed by atoms with E-state index in [4.69, 9.17) is 9.79 Å². The van der Waals surface area contributed by atoms with Crippen LogP contribution in [0.4, 0.5) is 0 Å². The van der Waals surface area contributed by atoms with E-state index in [2.05, 4.69) is 4.76 Å². The van der Waals surface area contributed by atoms with Crippen LogP contribution in [0, 0.1) is 5.92 Å². The van der Waals surface area contributed by atoms with E-state index in [0.29, 0.717) is 6.42 Å². The lowest BCUT2D eigenvalue weighted by atomic mass is 9.84. The Balaban J connectivity index is 2.28. The maximum Gasteiger partial charge on any atom is 0.448 e. The highest BCUT2D eigenvalue weighted by Gasteiger charge is 2.28. The summed E-state index contributed by atoms with van der Waals surface area (Å²) in [7, 11) is -4.69. The van der Waals surface area contributed by atoms with Gasteiger partial charge in [-0.05, 0) is 30.0 Å². The molecule has 8 heteroatoms. The molecule has 1 aromatic rings. The number of phenols is 1. The topological polar surface area (TPSA) is 131 Å². The molecule has 1 aromatic carbocycles. The summed E-state index contributed by atoms with van der Waals surface area (Å²) in [6.45, 7) is 1.88. The molecule has 5 N–H and O–H groups in total. The molecule has 0 saturated carbocycles. The van der Waals surface area contributed by atoms with Gasteiger partial charge in [0.2, 0.25) is 0 Å². The van der Waals surface area contributed by atoms with Crippen molar-refractivity contribution in [2.45, 2.75) is 19.3 Å². The molecule has 2 atom stereocenters. The number of rotatable bonds is 4. The average molecular weight is 339 g/mol. The van der Waals surface area contributed by atoms with Gasteiger partial charge in [0.25, 0.3) is 0 Å². The summed E-state index contributed by atoms with van der Waals surface area (Å²) in [6.07, 6.45) is 2.59. The van der Waals surface area contributed by atoms with Gasteiger partial charge in [-0.1, -0.05) is 19.1 Å². The van der Waals surface area contributed by atoms with Crippen LogP contribution >= 0.6 is 7.75 Å². The van der Waals surface area contributed by atoms with Crippen LogP contribution in [-0.2, 0) is 4.57 Å². The smallest absolute Gasteiger partial charge is 0.448 e. The molecule has 0 bridgehead atoms. The van der Waals surface area contributed by atoms with Crippen LogP contribution in [0.1, 0.15) is 24.8 Å². The van der Waals surface area contributed by atoms with Crippen LogP contribution in [0.5, 0.6) is 5.75 Å². The van der Waals surface area contributed by atoms with Gasteiger partial charge in [0.15, 0.2) is 0 Å². The fourth-order valence-electron chi connectivity index (χ4n) is 2.48. The van der Waals surface area contributed by atoms with Crippen molar-refractivity contribution in [1.29, 1.82) is 0 Å². The zero-order valence-electron chi connectivity index (χ0n) is 12.4. The van der Waals surface area contributed by atoms with Crippen LogP contribution in [0.15, 0.2) is 52.7 Å². The van der Waals surface area contributed by atoms with E-state index in [1.807, 2.05) is 6.92 Å². The molecule has 0 radical (unpaired) electrons. The second kappa shape index (κ2) is 6.58. The van der Waals surface area contributed by atoms with Crippen LogP contribution in [0.2, 0.25) is 0 Å². The van der Waals surface area contributed by atoms with E-state index in [0.717, 1.165) is 17.7 Å². The van der Waals surface area contributed by atoms with Crippen molar-refractivity contribution < 1.29 is 29.7 Å². The normalized spacial score (nSPS) is 21.7. The molecule has 23 heavy (non-hydrogen) atoms. The monoisotopic (exact) mass is 339 g/mol. The van der Waals surface area contributed by atoms with Gasteiger partial charge in [0.05, 0.1) is 11.6 Å². The lowest BCUT2D eigenvalue weighted by Crippen LogP contribution is -2.21. The number of aliphatic hydroxyl groups is 2. The second-order valence-electron chi connectivity index (χ2n) is 5.46. The molecule has 1 aliphatic carbocycles. The lowest BCUT2D eigenvalue weighted by Gasteiger charge is -2.24. The quantitative estimate of drug-likeness (QED) is 0.536. The lowest BCUT2D eigenvalue weighted by molar-refractivity contribution is 0.336. The third-order valence-electron chi connectivity index (χ3n) is 3.60. The van der Waals surface area contributed by atoms with Gasteiger partial charge in [0, 0.05) is 12.2 Å². The van der Waals surface area contributed by atoms with Gasteiger partial charge < -0.3 is 25.1 Å². The molecule has 0 heterocycles. The summed E-state index contributed by atoms with van der Waals surface area (Å²) in [4.78, 5) is 18.1. The van der Waals surface area contributed by atoms with Crippen molar-refractivity contribution in [3.63, 3.8) is 0 Å². The SMILES string of the molecule is CC(CC1C(O)=CC(O)=CC1=NP(=O)(O)O)c1ccc(O)cc1. The predicted octanol–water partition coefficient (Wildman–Crippen LogP) is 2.93. The molecule has 124 valence electrons. The van der Waals surface area contributed by atoms with E-state index in [1.165, 1.54) is 0 Å². The largest absolute Gasteiger partial charge is 0.511 e. The third-order valence-corrected chi connectivity index (χ3v) is 4.09. The Morgan fingerprint density at radius 3 is 2.30 bits per heavy atom. The van der Waals surface area contributed by atoms with Crippen molar-refractivity contribution >= 4 is 13.5 Å². The zero-order valence-corrected chi connectivity index (χ0v) is 13.3. The van der Waals surface area contributed by atoms with Crippen LogP contribution in [-0.4, -0.2) is 30.8 Å². The maximum absolute atomic E-state index is 11.1. The maximum atomic E-state index is 11.1. The standard InChI is InChI=1S/C15H18NO6P/c1-9(10-2-4-11(17)5-3-10)6-13-14(16-23(20,21)22)7-12(18)8-15(13)19/h2-5,7-9,13,17-19H,6H2,1H3,(H2,20,21,22). The van der Waals surface area contributed by atoms with E-state index in [1.54, 1.807) is 24.3 Å². The second-order valence-corrected chi connectivity index (χ2v) is 6.68. The highest BCUT2D eigenvalue weighted by Crippen LogP contribution is 2.40. The molecule has 1 aliphatic rings. The fourth-order valence-corrected chi connectivity index (χ4v) is 2.98. The first-order valence-electron chi connectivity index (χ1n) is 6.91. The van der Waals surface area contributed by atoms with Gasteiger partial charge in [-0.15, -0.1) is 0 Å². The van der Waals surface area contributed by atoms with Crippen molar-refractivity contribution in [2.24, 2.45) is 10.7 Å². The fraction of sp³-hybridized carbons (Fsp3) is 0.267. The van der Waals surface area contributed by atoms with E-state index < -0.39 is 13.7 Å². The Labute approximate surface area is 133 Å². The van der Waals surface area contributed by atoms with Crippen molar-refractivity contribution in [3.05, 3.63) is 53.5 Å². The molecule has 0 amide bonds. The van der Waals surface area contributed by atoms with Gasteiger partial charge >= 0.3 is 7.75 Å². The first-order chi connectivity index (χ1) is 10.7. The number of aliphatic hydroxyl groups excluding tert-OH is 2. The highest BCUT2D eigenvalue weighted by atomic mass is 31.2. The Morgan fingerprint density at radius 2 is 1.74 bits per heavy atom. The minimum atomic E-state index is -4.69. The summed E-state index contributed by atoms with van der Waals surface area (Å²) in [5, 5.41) is 28.9. The van der Waals surface area contributed by atoms with Gasteiger partial charge in [-0.25, -0.2) is 4.57 Å². The average Bonchev–Trinajstić information content (AvgIpc) is 2.41. The van der Waals surface area contributed by atoms with Crippen LogP contribution < -0.4 is 0 Å². The van der Waals surface area contributed by atoms with Gasteiger partial charge in [-0.2, -0.15) is 4.76 Å². The Hall–Kier alpha value is -2.08. The summed E-state index contributed by atoms with van der Waals surface area (Å²) < 4.78 is 14.4. The summed E-state index contributed by atoms with van der Waals surface area (Å²) in [5.74, 6) is -1.20. The molecular weight excluding hydrogens is 321 g/mol. The summed E-state index contributed by atoms with van der Waals surface area (Å²) in [6, 6.07) is 6.55. The Kier molecular flexibility index (Phi) is 4.94. The van der Waals surface area contributed by atoms with Crippen molar-refractivity contribution in [2.75, 3.05) is 0 Å². The molecule has 2 unspecified atom stereocenters. The van der Waals surface area contributed by atoms with Crippen LogP contribution in [0.3, 0.4) is 0 Å². The van der Waals surface area contributed by atoms with Crippen molar-refractivity contribution in [1.82, 2.24) is 0 Å². The molecule has 0 aliphatic heterocycles. The molecule has 7 nitrogen and oxygen atoms in total. The van der Waals surface area contributed by atoms with Crippen molar-refractivity contribution in [3.8, 4) is 5.75 Å². The number of hydrogen-bond acceptors (Lipinski definition) is 4. The van der Waals surface area contributed by atoms with E-state index in [-0.39, 0.29) is 28.9 Å². The molecule has 2 rings (SSSR count). The number of benzene rings is 1. The summed E-state index contributed by atoms with van der Waals surface area (Å²) >= 11 is 0. The highest BCUT2D eigenvalue weighted by molar-refractivity contribution is 7.50. The predicted molar refractivity (Wildman–Crippen MR) is 85.5 cm³/mol. The molecule has 0 spiro atoms. The first-order valence-corrected chi connectivity index (χ1v) is 8.48. The Morgan fingerprint density at radius 1 is 1.13 bits per heavy atom. The van der Waals surface area contributed by atoms with Crippen LogP contribution in [0.25, 0.3) is 0 Å². The number of nitrogens with zero attached hydrogens (tertiary/aromatic N) is 1. The molecule has 0 aromatic heterocycles. The zero-order chi connectivity index (χ0) is 17.2. The minimum Gasteiger partial charge on any atom is -0.511 e. The molecular formula is C15H18NO6P.